The van der Waals surface area contributed by atoms with Crippen molar-refractivity contribution in [2.24, 2.45) is 0 Å². The highest BCUT2D eigenvalue weighted by Crippen LogP contribution is 2.36. The summed E-state index contributed by atoms with van der Waals surface area (Å²) in [6.07, 6.45) is 3.84. The Labute approximate surface area is 114 Å². The molecule has 0 amide bonds. The molecule has 0 saturated heterocycles. The van der Waals surface area contributed by atoms with Crippen LogP contribution in [0, 0.1) is 0 Å². The molecule has 2 heterocycles. The fraction of sp³-hybridized carbons (Fsp3) is 0.333. The molecule has 0 atom stereocenters. The molecule has 94 valence electrons. The summed E-state index contributed by atoms with van der Waals surface area (Å²) in [7, 11) is 0. The van der Waals surface area contributed by atoms with Gasteiger partial charge in [-0.3, -0.25) is 0 Å². The van der Waals surface area contributed by atoms with E-state index in [4.69, 9.17) is 17.3 Å². The maximum Gasteiger partial charge on any atom is 0.157 e. The van der Waals surface area contributed by atoms with Crippen molar-refractivity contribution in [2.75, 3.05) is 10.6 Å². The van der Waals surface area contributed by atoms with Gasteiger partial charge >= 0.3 is 0 Å². The zero-order valence-corrected chi connectivity index (χ0v) is 11.3. The number of aromatic nitrogens is 2. The molecule has 0 unspecified atom stereocenters. The molecule has 1 fully saturated rings. The molecule has 2 aromatic heterocycles. The molecule has 2 N–H and O–H groups in total. The third kappa shape index (κ3) is 2.28. The van der Waals surface area contributed by atoms with Crippen molar-refractivity contribution in [3.63, 3.8) is 0 Å². The van der Waals surface area contributed by atoms with Crippen LogP contribution in [-0.2, 0) is 6.54 Å². The van der Waals surface area contributed by atoms with Crippen molar-refractivity contribution < 1.29 is 0 Å². The molecule has 3 rings (SSSR count). The number of rotatable bonds is 4. The van der Waals surface area contributed by atoms with Gasteiger partial charge in [0.1, 0.15) is 12.0 Å². The standard InChI is InChI=1S/C12H13ClN4S/c13-11-10(14)12(16-7-15-11)17(9-1-2-9)5-8-3-4-18-6-8/h3-4,6-7,9H,1-2,5,14H2. The minimum absolute atomic E-state index is 0.330. The third-order valence-corrected chi connectivity index (χ3v) is 4.04. The number of halogens is 1. The van der Waals surface area contributed by atoms with Gasteiger partial charge in [0.05, 0.1) is 0 Å². The van der Waals surface area contributed by atoms with Gasteiger partial charge < -0.3 is 10.6 Å². The number of hydrogen-bond acceptors (Lipinski definition) is 5. The Kier molecular flexibility index (Phi) is 3.09. The molecule has 1 saturated carbocycles. The van der Waals surface area contributed by atoms with Gasteiger partial charge in [-0.05, 0) is 35.2 Å². The molecule has 0 aromatic carbocycles. The van der Waals surface area contributed by atoms with Crippen LogP contribution in [0.2, 0.25) is 5.15 Å². The lowest BCUT2D eigenvalue weighted by Crippen LogP contribution is -2.27. The molecule has 0 spiro atoms. The van der Waals surface area contributed by atoms with Crippen molar-refractivity contribution in [2.45, 2.75) is 25.4 Å². The summed E-state index contributed by atoms with van der Waals surface area (Å²) in [5.74, 6) is 0.753. The molecule has 0 radical (unpaired) electrons. The molecule has 1 aliphatic carbocycles. The molecule has 18 heavy (non-hydrogen) atoms. The van der Waals surface area contributed by atoms with Gasteiger partial charge in [-0.15, -0.1) is 0 Å². The SMILES string of the molecule is Nc1c(Cl)ncnc1N(Cc1ccsc1)C1CC1. The van der Waals surface area contributed by atoms with E-state index in [1.165, 1.54) is 24.7 Å². The second kappa shape index (κ2) is 4.74. The Morgan fingerprint density at radius 2 is 2.28 bits per heavy atom. The second-order valence-electron chi connectivity index (χ2n) is 4.39. The Morgan fingerprint density at radius 3 is 2.94 bits per heavy atom. The number of nitrogen functional groups attached to an aromatic ring is 1. The molecular formula is C12H13ClN4S. The van der Waals surface area contributed by atoms with Crippen LogP contribution in [0.1, 0.15) is 18.4 Å². The Balaban J connectivity index is 1.91. The predicted molar refractivity (Wildman–Crippen MR) is 75.0 cm³/mol. The smallest absolute Gasteiger partial charge is 0.157 e. The topological polar surface area (TPSA) is 55.0 Å². The van der Waals surface area contributed by atoms with Gasteiger partial charge in [0.2, 0.25) is 0 Å². The van der Waals surface area contributed by atoms with Crippen LogP contribution < -0.4 is 10.6 Å². The van der Waals surface area contributed by atoms with Crippen LogP contribution in [0.4, 0.5) is 11.5 Å². The first-order chi connectivity index (χ1) is 8.75. The fourth-order valence-electron chi connectivity index (χ4n) is 1.94. The summed E-state index contributed by atoms with van der Waals surface area (Å²) in [5.41, 5.74) is 7.73. The van der Waals surface area contributed by atoms with Gasteiger partial charge in [-0.25, -0.2) is 9.97 Å². The maximum atomic E-state index is 5.98. The Morgan fingerprint density at radius 1 is 1.44 bits per heavy atom. The van der Waals surface area contributed by atoms with Crippen LogP contribution in [0.15, 0.2) is 23.2 Å². The van der Waals surface area contributed by atoms with E-state index < -0.39 is 0 Å². The van der Waals surface area contributed by atoms with Crippen LogP contribution in [0.5, 0.6) is 0 Å². The Hall–Kier alpha value is -1.33. The summed E-state index contributed by atoms with van der Waals surface area (Å²) < 4.78 is 0. The first kappa shape index (κ1) is 11.7. The van der Waals surface area contributed by atoms with Gasteiger partial charge in [0.15, 0.2) is 11.0 Å². The average Bonchev–Trinajstić information content (AvgIpc) is 3.08. The first-order valence-electron chi connectivity index (χ1n) is 5.79. The van der Waals surface area contributed by atoms with Crippen molar-refractivity contribution in [1.29, 1.82) is 0 Å². The number of nitrogens with two attached hydrogens (primary N) is 1. The monoisotopic (exact) mass is 280 g/mol. The van der Waals surface area contributed by atoms with Crippen molar-refractivity contribution in [3.8, 4) is 0 Å². The largest absolute Gasteiger partial charge is 0.393 e. The Bertz CT molecular complexity index is 539. The molecular weight excluding hydrogens is 268 g/mol. The number of anilines is 2. The summed E-state index contributed by atoms with van der Waals surface area (Å²) in [4.78, 5) is 10.4. The van der Waals surface area contributed by atoms with E-state index >= 15 is 0 Å². The molecule has 6 heteroatoms. The molecule has 0 aliphatic heterocycles. The highest BCUT2D eigenvalue weighted by molar-refractivity contribution is 7.07. The first-order valence-corrected chi connectivity index (χ1v) is 7.11. The van der Waals surface area contributed by atoms with Crippen LogP contribution in [-0.4, -0.2) is 16.0 Å². The third-order valence-electron chi connectivity index (χ3n) is 3.01. The van der Waals surface area contributed by atoms with E-state index in [9.17, 15) is 0 Å². The highest BCUT2D eigenvalue weighted by atomic mass is 35.5. The van der Waals surface area contributed by atoms with Crippen molar-refractivity contribution in [3.05, 3.63) is 33.9 Å². The average molecular weight is 281 g/mol. The number of thiophene rings is 1. The quantitative estimate of drug-likeness (QED) is 0.875. The normalized spacial score (nSPS) is 14.7. The zero-order chi connectivity index (χ0) is 12.5. The lowest BCUT2D eigenvalue weighted by atomic mass is 10.3. The summed E-state index contributed by atoms with van der Waals surface area (Å²) in [6, 6.07) is 2.65. The minimum atomic E-state index is 0.330. The number of nitrogens with zero attached hydrogens (tertiary/aromatic N) is 3. The molecule has 1 aliphatic rings. The lowest BCUT2D eigenvalue weighted by molar-refractivity contribution is 0.779. The highest BCUT2D eigenvalue weighted by Gasteiger charge is 2.31. The van der Waals surface area contributed by atoms with Gasteiger partial charge in [-0.1, -0.05) is 11.6 Å². The van der Waals surface area contributed by atoms with E-state index in [0.29, 0.717) is 16.9 Å². The predicted octanol–water partition coefficient (Wildman–Crippen LogP) is 2.94. The van der Waals surface area contributed by atoms with E-state index in [-0.39, 0.29) is 0 Å². The summed E-state index contributed by atoms with van der Waals surface area (Å²) >= 11 is 7.66. The lowest BCUT2D eigenvalue weighted by Gasteiger charge is -2.24. The van der Waals surface area contributed by atoms with E-state index in [2.05, 4.69) is 31.7 Å². The fourth-order valence-corrected chi connectivity index (χ4v) is 2.72. The van der Waals surface area contributed by atoms with E-state index in [0.717, 1.165) is 12.4 Å². The maximum absolute atomic E-state index is 5.98. The van der Waals surface area contributed by atoms with Gasteiger partial charge in [0.25, 0.3) is 0 Å². The second-order valence-corrected chi connectivity index (χ2v) is 5.53. The summed E-state index contributed by atoms with van der Waals surface area (Å²) in [5, 5.41) is 4.56. The zero-order valence-electron chi connectivity index (χ0n) is 9.71. The van der Waals surface area contributed by atoms with E-state index in [1.807, 2.05) is 0 Å². The van der Waals surface area contributed by atoms with Crippen LogP contribution >= 0.6 is 22.9 Å². The van der Waals surface area contributed by atoms with E-state index in [1.54, 1.807) is 11.3 Å². The minimum Gasteiger partial charge on any atom is -0.393 e. The van der Waals surface area contributed by atoms with Gasteiger partial charge in [-0.2, -0.15) is 11.3 Å². The molecule has 0 bridgehead atoms. The van der Waals surface area contributed by atoms with Crippen LogP contribution in [0.3, 0.4) is 0 Å². The number of hydrogen-bond donors (Lipinski definition) is 1. The molecule has 2 aromatic rings. The molecule has 4 nitrogen and oxygen atoms in total. The van der Waals surface area contributed by atoms with Crippen molar-refractivity contribution in [1.82, 2.24) is 9.97 Å². The van der Waals surface area contributed by atoms with Crippen molar-refractivity contribution >= 4 is 34.4 Å². The van der Waals surface area contributed by atoms with Gasteiger partial charge in [0, 0.05) is 12.6 Å². The summed E-state index contributed by atoms with van der Waals surface area (Å²) in [6.45, 7) is 0.825. The van der Waals surface area contributed by atoms with Crippen LogP contribution in [0.25, 0.3) is 0 Å².